The molecular weight excluding hydrogens is 186 g/mol. The molecule has 1 aliphatic rings. The number of nitrogens with two attached hydrogens (primary N) is 1. The van der Waals surface area contributed by atoms with E-state index in [1.165, 1.54) is 12.8 Å². The Morgan fingerprint density at radius 2 is 2.27 bits per heavy atom. The second kappa shape index (κ2) is 4.34. The van der Waals surface area contributed by atoms with Gasteiger partial charge in [0.2, 0.25) is 0 Å². The lowest BCUT2D eigenvalue weighted by atomic mass is 10.0. The molecule has 0 amide bonds. The Morgan fingerprint density at radius 3 is 3.00 bits per heavy atom. The lowest BCUT2D eigenvalue weighted by Gasteiger charge is -2.07. The fourth-order valence-electron chi connectivity index (χ4n) is 1.94. The summed E-state index contributed by atoms with van der Waals surface area (Å²) < 4.78 is 0. The molecule has 1 atom stereocenters. The number of nitrogens with zero attached hydrogens (tertiary/aromatic N) is 1. The molecule has 1 aromatic carbocycles. The van der Waals surface area contributed by atoms with Crippen molar-refractivity contribution in [1.29, 1.82) is 0 Å². The third kappa shape index (κ3) is 2.12. The Balaban J connectivity index is 2.11. The molecule has 0 bridgehead atoms. The summed E-state index contributed by atoms with van der Waals surface area (Å²) in [6, 6.07) is 8.39. The van der Waals surface area contributed by atoms with E-state index in [0.29, 0.717) is 6.04 Å². The van der Waals surface area contributed by atoms with E-state index in [1.807, 2.05) is 24.3 Å². The van der Waals surface area contributed by atoms with Gasteiger partial charge in [-0.05, 0) is 12.5 Å². The highest BCUT2D eigenvalue weighted by molar-refractivity contribution is 6.05. The second-order valence-corrected chi connectivity index (χ2v) is 3.96. The van der Waals surface area contributed by atoms with E-state index in [9.17, 15) is 0 Å². The van der Waals surface area contributed by atoms with E-state index in [4.69, 9.17) is 5.73 Å². The van der Waals surface area contributed by atoms with Crippen molar-refractivity contribution in [3.05, 3.63) is 29.8 Å². The highest BCUT2D eigenvalue weighted by Crippen LogP contribution is 2.19. The zero-order chi connectivity index (χ0) is 10.7. The minimum atomic E-state index is 0.490. The average Bonchev–Trinajstić information content (AvgIpc) is 2.68. The van der Waals surface area contributed by atoms with Gasteiger partial charge in [0.1, 0.15) is 0 Å². The molecule has 80 valence electrons. The Morgan fingerprint density at radius 1 is 1.47 bits per heavy atom. The number of para-hydroxylation sites is 1. The van der Waals surface area contributed by atoms with Gasteiger partial charge in [-0.25, -0.2) is 0 Å². The number of nitrogen functional groups attached to an aromatic ring is 1. The molecule has 0 spiro atoms. The van der Waals surface area contributed by atoms with Gasteiger partial charge in [-0.1, -0.05) is 31.5 Å². The molecule has 15 heavy (non-hydrogen) atoms. The first kappa shape index (κ1) is 10.0. The van der Waals surface area contributed by atoms with Crippen LogP contribution in [0.4, 0.5) is 5.69 Å². The van der Waals surface area contributed by atoms with Crippen molar-refractivity contribution in [3.8, 4) is 0 Å². The first-order valence-electron chi connectivity index (χ1n) is 5.48. The van der Waals surface area contributed by atoms with Crippen LogP contribution in [0.15, 0.2) is 29.4 Å². The minimum absolute atomic E-state index is 0.490. The fourth-order valence-corrected chi connectivity index (χ4v) is 1.94. The quantitative estimate of drug-likeness (QED) is 0.739. The Hall–Kier alpha value is -1.51. The van der Waals surface area contributed by atoms with Crippen molar-refractivity contribution < 1.29 is 0 Å². The van der Waals surface area contributed by atoms with Crippen molar-refractivity contribution >= 4 is 11.4 Å². The van der Waals surface area contributed by atoms with Crippen LogP contribution in [0.3, 0.4) is 0 Å². The van der Waals surface area contributed by atoms with Gasteiger partial charge in [0.25, 0.3) is 0 Å². The lowest BCUT2D eigenvalue weighted by Crippen LogP contribution is -2.18. The Bertz CT molecular complexity index is 371. The van der Waals surface area contributed by atoms with E-state index in [2.05, 4.69) is 17.5 Å². The van der Waals surface area contributed by atoms with Gasteiger partial charge in [-0.15, -0.1) is 0 Å². The SMILES string of the molecule is CCCC1CC(c2ccccc2N)=NN1. The fraction of sp³-hybridized carbons (Fsp3) is 0.417. The molecule has 1 heterocycles. The maximum Gasteiger partial charge on any atom is 0.0716 e. The lowest BCUT2D eigenvalue weighted by molar-refractivity contribution is 0.535. The summed E-state index contributed by atoms with van der Waals surface area (Å²) in [5, 5.41) is 4.35. The zero-order valence-corrected chi connectivity index (χ0v) is 9.03. The maximum absolute atomic E-state index is 5.91. The molecule has 0 radical (unpaired) electrons. The van der Waals surface area contributed by atoms with Crippen LogP contribution in [-0.2, 0) is 0 Å². The highest BCUT2D eigenvalue weighted by atomic mass is 15.3. The summed E-state index contributed by atoms with van der Waals surface area (Å²) in [5.74, 6) is 0. The molecule has 0 saturated carbocycles. The van der Waals surface area contributed by atoms with Gasteiger partial charge in [0, 0.05) is 23.7 Å². The summed E-state index contributed by atoms with van der Waals surface area (Å²) in [5.41, 5.74) is 12.1. The van der Waals surface area contributed by atoms with Crippen molar-refractivity contribution in [1.82, 2.24) is 5.43 Å². The van der Waals surface area contributed by atoms with E-state index >= 15 is 0 Å². The van der Waals surface area contributed by atoms with Crippen LogP contribution in [0.5, 0.6) is 0 Å². The first-order valence-corrected chi connectivity index (χ1v) is 5.48. The molecule has 1 aliphatic heterocycles. The Kier molecular flexibility index (Phi) is 2.90. The predicted molar refractivity (Wildman–Crippen MR) is 63.8 cm³/mol. The smallest absolute Gasteiger partial charge is 0.0716 e. The third-order valence-electron chi connectivity index (χ3n) is 2.73. The minimum Gasteiger partial charge on any atom is -0.398 e. The molecule has 0 aromatic heterocycles. The van der Waals surface area contributed by atoms with Gasteiger partial charge >= 0.3 is 0 Å². The van der Waals surface area contributed by atoms with E-state index in [-0.39, 0.29) is 0 Å². The van der Waals surface area contributed by atoms with Gasteiger partial charge in [-0.2, -0.15) is 5.10 Å². The molecule has 2 rings (SSSR count). The Labute approximate surface area is 90.4 Å². The molecule has 0 saturated heterocycles. The van der Waals surface area contributed by atoms with Crippen molar-refractivity contribution in [3.63, 3.8) is 0 Å². The number of rotatable bonds is 3. The predicted octanol–water partition coefficient (Wildman–Crippen LogP) is 2.13. The number of hydrogen-bond acceptors (Lipinski definition) is 3. The van der Waals surface area contributed by atoms with Crippen molar-refractivity contribution in [2.75, 3.05) is 5.73 Å². The van der Waals surface area contributed by atoms with Gasteiger partial charge in [0.15, 0.2) is 0 Å². The molecule has 0 fully saturated rings. The second-order valence-electron chi connectivity index (χ2n) is 3.96. The van der Waals surface area contributed by atoms with E-state index in [0.717, 1.165) is 23.4 Å². The summed E-state index contributed by atoms with van der Waals surface area (Å²) in [7, 11) is 0. The molecule has 1 unspecified atom stereocenters. The van der Waals surface area contributed by atoms with Crippen LogP contribution in [0, 0.1) is 0 Å². The number of benzene rings is 1. The number of anilines is 1. The van der Waals surface area contributed by atoms with Crippen molar-refractivity contribution in [2.45, 2.75) is 32.2 Å². The van der Waals surface area contributed by atoms with Crippen LogP contribution >= 0.6 is 0 Å². The standard InChI is InChI=1S/C12H17N3/c1-2-5-9-8-12(15-14-9)10-6-3-4-7-11(10)13/h3-4,6-7,9,14H,2,5,8,13H2,1H3. The molecule has 3 heteroatoms. The summed E-state index contributed by atoms with van der Waals surface area (Å²) in [6.45, 7) is 2.19. The third-order valence-corrected chi connectivity index (χ3v) is 2.73. The number of nitrogens with one attached hydrogen (secondary N) is 1. The van der Waals surface area contributed by atoms with Crippen molar-refractivity contribution in [2.24, 2.45) is 5.10 Å². The molecule has 3 nitrogen and oxygen atoms in total. The first-order chi connectivity index (χ1) is 7.31. The molecule has 0 aliphatic carbocycles. The van der Waals surface area contributed by atoms with Gasteiger partial charge < -0.3 is 11.2 Å². The largest absolute Gasteiger partial charge is 0.398 e. The van der Waals surface area contributed by atoms with Crippen LogP contribution in [-0.4, -0.2) is 11.8 Å². The molecule has 1 aromatic rings. The van der Waals surface area contributed by atoms with Gasteiger partial charge in [-0.3, -0.25) is 0 Å². The van der Waals surface area contributed by atoms with Crippen LogP contribution in [0.2, 0.25) is 0 Å². The summed E-state index contributed by atoms with van der Waals surface area (Å²) in [4.78, 5) is 0. The monoisotopic (exact) mass is 203 g/mol. The molecular formula is C12H17N3. The normalized spacial score (nSPS) is 19.8. The van der Waals surface area contributed by atoms with Crippen LogP contribution in [0.1, 0.15) is 31.7 Å². The maximum atomic E-state index is 5.91. The molecule has 3 N–H and O–H groups in total. The number of hydrogen-bond donors (Lipinski definition) is 2. The topological polar surface area (TPSA) is 50.4 Å². The number of hydrazone groups is 1. The summed E-state index contributed by atoms with van der Waals surface area (Å²) in [6.07, 6.45) is 3.34. The highest BCUT2D eigenvalue weighted by Gasteiger charge is 2.19. The summed E-state index contributed by atoms with van der Waals surface area (Å²) >= 11 is 0. The van der Waals surface area contributed by atoms with Gasteiger partial charge in [0.05, 0.1) is 5.71 Å². The van der Waals surface area contributed by atoms with Crippen LogP contribution in [0.25, 0.3) is 0 Å². The van der Waals surface area contributed by atoms with E-state index < -0.39 is 0 Å². The van der Waals surface area contributed by atoms with E-state index in [1.54, 1.807) is 0 Å². The van der Waals surface area contributed by atoms with Crippen LogP contribution < -0.4 is 11.2 Å². The zero-order valence-electron chi connectivity index (χ0n) is 9.03. The average molecular weight is 203 g/mol.